The summed E-state index contributed by atoms with van der Waals surface area (Å²) in [7, 11) is 0. The molecule has 0 amide bonds. The van der Waals surface area contributed by atoms with Crippen molar-refractivity contribution in [2.45, 2.75) is 19.7 Å². The van der Waals surface area contributed by atoms with E-state index in [2.05, 4.69) is 5.32 Å². The summed E-state index contributed by atoms with van der Waals surface area (Å²) in [6, 6.07) is 15.9. The van der Waals surface area contributed by atoms with Gasteiger partial charge in [0, 0.05) is 16.1 Å². The highest BCUT2D eigenvalue weighted by molar-refractivity contribution is 6.30. The van der Waals surface area contributed by atoms with Crippen LogP contribution in [0.5, 0.6) is 5.75 Å². The minimum Gasteiger partial charge on any atom is -0.488 e. The molecule has 0 radical (unpaired) electrons. The van der Waals surface area contributed by atoms with E-state index in [1.807, 2.05) is 24.3 Å². The Morgan fingerprint density at radius 2 is 1.88 bits per heavy atom. The first-order valence-electron chi connectivity index (χ1n) is 7.71. The highest BCUT2D eigenvalue weighted by atomic mass is 35.5. The number of halogens is 2. The van der Waals surface area contributed by atoms with Gasteiger partial charge in [0.25, 0.3) is 0 Å². The Labute approximate surface area is 145 Å². The zero-order valence-electron chi connectivity index (χ0n) is 13.0. The second kappa shape index (κ2) is 7.99. The second-order valence-corrected chi connectivity index (χ2v) is 5.84. The number of hydrogen-bond acceptors (Lipinski definition) is 2. The zero-order chi connectivity index (χ0) is 16.8. The van der Waals surface area contributed by atoms with Crippen LogP contribution in [0.4, 0.5) is 4.39 Å². The summed E-state index contributed by atoms with van der Waals surface area (Å²) < 4.78 is 24.8. The molecule has 0 aliphatic heterocycles. The maximum absolute atomic E-state index is 13.7. The highest BCUT2D eigenvalue weighted by Gasteiger charge is 2.09. The summed E-state index contributed by atoms with van der Waals surface area (Å²) in [6.45, 7) is 1.60. The molecule has 124 valence electrons. The van der Waals surface area contributed by atoms with Crippen LogP contribution in [0.15, 0.2) is 65.3 Å². The van der Waals surface area contributed by atoms with Crippen molar-refractivity contribution < 1.29 is 18.9 Å². The zero-order valence-corrected chi connectivity index (χ0v) is 13.8. The molecular weight excluding hydrogens is 329 g/mol. The van der Waals surface area contributed by atoms with Crippen molar-refractivity contribution in [3.05, 3.63) is 88.6 Å². The van der Waals surface area contributed by atoms with Gasteiger partial charge in [-0.15, -0.1) is 0 Å². The predicted molar refractivity (Wildman–Crippen MR) is 90.2 cm³/mol. The van der Waals surface area contributed by atoms with Gasteiger partial charge in [-0.2, -0.15) is 0 Å². The number of ether oxygens (including phenoxy) is 1. The Hall–Kier alpha value is -2.30. The Balaban J connectivity index is 1.65. The van der Waals surface area contributed by atoms with Gasteiger partial charge < -0.3 is 14.5 Å². The molecule has 0 unspecified atom stereocenters. The van der Waals surface area contributed by atoms with Gasteiger partial charge >= 0.3 is 0 Å². The van der Waals surface area contributed by atoms with E-state index in [0.717, 1.165) is 17.9 Å². The first-order chi connectivity index (χ1) is 11.7. The van der Waals surface area contributed by atoms with Crippen LogP contribution < -0.4 is 10.1 Å². The quantitative estimate of drug-likeness (QED) is 0.704. The second-order valence-electron chi connectivity index (χ2n) is 5.41. The van der Waals surface area contributed by atoms with Crippen LogP contribution in [0, 0.1) is 5.82 Å². The first-order valence-corrected chi connectivity index (χ1v) is 8.09. The molecule has 5 heteroatoms. The molecule has 0 bridgehead atoms. The van der Waals surface area contributed by atoms with Crippen LogP contribution in [-0.4, -0.2) is 0 Å². The van der Waals surface area contributed by atoms with Crippen LogP contribution in [0.3, 0.4) is 0 Å². The lowest BCUT2D eigenvalue weighted by molar-refractivity contribution is -0.688. The molecule has 24 heavy (non-hydrogen) atoms. The van der Waals surface area contributed by atoms with Crippen molar-refractivity contribution in [1.29, 1.82) is 0 Å². The SMILES string of the molecule is Fc1ccccc1COc1ccc(Cl)cc1C[NH2+]Cc1ccco1. The number of rotatable bonds is 7. The van der Waals surface area contributed by atoms with Gasteiger partial charge in [0.2, 0.25) is 0 Å². The normalized spacial score (nSPS) is 10.8. The summed E-state index contributed by atoms with van der Waals surface area (Å²) >= 11 is 6.09. The van der Waals surface area contributed by atoms with Crippen molar-refractivity contribution in [3.8, 4) is 5.75 Å². The maximum Gasteiger partial charge on any atom is 0.157 e. The standard InChI is InChI=1S/C19H17ClFNO2/c20-16-7-8-19(24-13-14-4-1-2-6-18(14)21)15(10-16)11-22-12-17-5-3-9-23-17/h1-10,22H,11-13H2/p+1. The molecule has 0 aliphatic carbocycles. The van der Waals surface area contributed by atoms with Gasteiger partial charge in [0.15, 0.2) is 5.76 Å². The lowest BCUT2D eigenvalue weighted by atomic mass is 10.2. The fourth-order valence-corrected chi connectivity index (χ4v) is 2.61. The summed E-state index contributed by atoms with van der Waals surface area (Å²) in [4.78, 5) is 0. The average molecular weight is 347 g/mol. The van der Waals surface area contributed by atoms with Crippen LogP contribution in [0.1, 0.15) is 16.9 Å². The molecule has 3 aromatic rings. The monoisotopic (exact) mass is 346 g/mol. The molecule has 0 spiro atoms. The van der Waals surface area contributed by atoms with Crippen molar-refractivity contribution in [1.82, 2.24) is 0 Å². The van der Waals surface area contributed by atoms with E-state index < -0.39 is 0 Å². The Kier molecular flexibility index (Phi) is 5.51. The third-order valence-electron chi connectivity index (χ3n) is 3.65. The van der Waals surface area contributed by atoms with E-state index >= 15 is 0 Å². The van der Waals surface area contributed by atoms with Gasteiger partial charge in [-0.1, -0.05) is 29.8 Å². The Morgan fingerprint density at radius 1 is 1.00 bits per heavy atom. The summed E-state index contributed by atoms with van der Waals surface area (Å²) in [5.41, 5.74) is 1.49. The molecule has 0 atom stereocenters. The van der Waals surface area contributed by atoms with Gasteiger partial charge in [-0.25, -0.2) is 4.39 Å². The van der Waals surface area contributed by atoms with Gasteiger partial charge in [0.05, 0.1) is 6.26 Å². The van der Waals surface area contributed by atoms with Crippen molar-refractivity contribution in [2.24, 2.45) is 0 Å². The molecule has 2 N–H and O–H groups in total. The molecule has 2 aromatic carbocycles. The third kappa shape index (κ3) is 4.37. The minimum atomic E-state index is -0.266. The molecule has 0 saturated heterocycles. The molecule has 3 rings (SSSR count). The average Bonchev–Trinajstić information content (AvgIpc) is 3.09. The maximum atomic E-state index is 13.7. The fourth-order valence-electron chi connectivity index (χ4n) is 2.42. The van der Waals surface area contributed by atoms with E-state index in [1.54, 1.807) is 30.5 Å². The lowest BCUT2D eigenvalue weighted by Gasteiger charge is -2.12. The summed E-state index contributed by atoms with van der Waals surface area (Å²) in [5.74, 6) is 1.35. The van der Waals surface area contributed by atoms with Crippen LogP contribution in [-0.2, 0) is 19.7 Å². The van der Waals surface area contributed by atoms with Crippen LogP contribution >= 0.6 is 11.6 Å². The number of furan rings is 1. The van der Waals surface area contributed by atoms with E-state index in [9.17, 15) is 4.39 Å². The minimum absolute atomic E-state index is 0.180. The van der Waals surface area contributed by atoms with Crippen molar-refractivity contribution >= 4 is 11.6 Å². The number of hydrogen-bond donors (Lipinski definition) is 1. The third-order valence-corrected chi connectivity index (χ3v) is 3.89. The molecule has 0 aliphatic rings. The number of benzene rings is 2. The lowest BCUT2D eigenvalue weighted by Crippen LogP contribution is -2.80. The van der Waals surface area contributed by atoms with Crippen LogP contribution in [0.25, 0.3) is 0 Å². The Morgan fingerprint density at radius 3 is 2.67 bits per heavy atom. The van der Waals surface area contributed by atoms with E-state index in [4.69, 9.17) is 20.8 Å². The first kappa shape index (κ1) is 16.6. The molecule has 3 nitrogen and oxygen atoms in total. The van der Waals surface area contributed by atoms with Gasteiger partial charge in [-0.3, -0.25) is 0 Å². The molecular formula is C19H18ClFNO2+. The molecule has 1 aromatic heterocycles. The number of nitrogens with two attached hydrogens (primary N) is 1. The van der Waals surface area contributed by atoms with E-state index in [1.165, 1.54) is 6.07 Å². The molecule has 0 fully saturated rings. The number of quaternary nitrogens is 1. The van der Waals surface area contributed by atoms with Crippen LogP contribution in [0.2, 0.25) is 5.02 Å². The molecule has 0 saturated carbocycles. The van der Waals surface area contributed by atoms with Gasteiger partial charge in [-0.05, 0) is 36.4 Å². The highest BCUT2D eigenvalue weighted by Crippen LogP contribution is 2.23. The van der Waals surface area contributed by atoms with E-state index in [-0.39, 0.29) is 12.4 Å². The van der Waals surface area contributed by atoms with Gasteiger partial charge in [0.1, 0.15) is 31.3 Å². The predicted octanol–water partition coefficient (Wildman–Crippen LogP) is 3.91. The smallest absolute Gasteiger partial charge is 0.157 e. The Bertz CT molecular complexity index is 790. The van der Waals surface area contributed by atoms with Crippen molar-refractivity contribution in [3.63, 3.8) is 0 Å². The largest absolute Gasteiger partial charge is 0.488 e. The van der Waals surface area contributed by atoms with Crippen molar-refractivity contribution in [2.75, 3.05) is 0 Å². The van der Waals surface area contributed by atoms with E-state index in [0.29, 0.717) is 22.9 Å². The molecule has 1 heterocycles. The fraction of sp³-hybridized carbons (Fsp3) is 0.158. The summed E-state index contributed by atoms with van der Waals surface area (Å²) in [5, 5.41) is 2.75. The summed E-state index contributed by atoms with van der Waals surface area (Å²) in [6.07, 6.45) is 1.66. The topological polar surface area (TPSA) is 39.0 Å².